The highest BCUT2D eigenvalue weighted by atomic mass is 32.2. The van der Waals surface area contributed by atoms with Crippen LogP contribution in [0.4, 0.5) is 0 Å². The van der Waals surface area contributed by atoms with Crippen LogP contribution in [0, 0.1) is 6.92 Å². The van der Waals surface area contributed by atoms with Crippen LogP contribution in [0.15, 0.2) is 39.8 Å². The van der Waals surface area contributed by atoms with E-state index in [-0.39, 0.29) is 0 Å². The van der Waals surface area contributed by atoms with Crippen LogP contribution in [0.5, 0.6) is 0 Å². The molecule has 4 heteroatoms. The van der Waals surface area contributed by atoms with Crippen molar-refractivity contribution in [1.82, 2.24) is 5.16 Å². The van der Waals surface area contributed by atoms with Gasteiger partial charge in [-0.25, -0.2) is 0 Å². The molecule has 1 heterocycles. The lowest BCUT2D eigenvalue weighted by Crippen LogP contribution is -1.81. The quantitative estimate of drug-likeness (QED) is 0.601. The second-order valence-electron chi connectivity index (χ2n) is 3.40. The molecule has 0 saturated heterocycles. The summed E-state index contributed by atoms with van der Waals surface area (Å²) in [7, 11) is 0. The number of rotatable bonds is 4. The van der Waals surface area contributed by atoms with Gasteiger partial charge in [-0.3, -0.25) is 4.79 Å². The highest BCUT2D eigenvalue weighted by Gasteiger charge is 2.01. The molecule has 82 valence electrons. The maximum atomic E-state index is 10.5. The Labute approximate surface area is 97.8 Å². The fourth-order valence-corrected chi connectivity index (χ4v) is 2.06. The predicted molar refractivity (Wildman–Crippen MR) is 62.6 cm³/mol. The van der Waals surface area contributed by atoms with Gasteiger partial charge in [0.15, 0.2) is 0 Å². The van der Waals surface area contributed by atoms with Crippen molar-refractivity contribution < 1.29 is 9.32 Å². The largest absolute Gasteiger partial charge is 0.361 e. The van der Waals surface area contributed by atoms with Crippen LogP contribution in [0.3, 0.4) is 0 Å². The van der Waals surface area contributed by atoms with Gasteiger partial charge in [-0.15, -0.1) is 11.8 Å². The van der Waals surface area contributed by atoms with Crippen molar-refractivity contribution in [2.45, 2.75) is 17.6 Å². The van der Waals surface area contributed by atoms with Gasteiger partial charge < -0.3 is 4.52 Å². The molecule has 1 aromatic carbocycles. The lowest BCUT2D eigenvalue weighted by Gasteiger charge is -1.98. The normalized spacial score (nSPS) is 10.3. The van der Waals surface area contributed by atoms with Gasteiger partial charge >= 0.3 is 0 Å². The van der Waals surface area contributed by atoms with Crippen molar-refractivity contribution in [1.29, 1.82) is 0 Å². The molecule has 3 nitrogen and oxygen atoms in total. The fraction of sp³-hybridized carbons (Fsp3) is 0.167. The smallest absolute Gasteiger partial charge is 0.150 e. The van der Waals surface area contributed by atoms with Crippen molar-refractivity contribution in [2.75, 3.05) is 0 Å². The summed E-state index contributed by atoms with van der Waals surface area (Å²) in [5.74, 6) is 1.60. The summed E-state index contributed by atoms with van der Waals surface area (Å²) in [5.41, 5.74) is 1.63. The number of carbonyl (C=O) groups excluding carboxylic acids is 1. The summed E-state index contributed by atoms with van der Waals surface area (Å²) < 4.78 is 4.98. The van der Waals surface area contributed by atoms with Gasteiger partial charge in [0.1, 0.15) is 12.0 Å². The number of aldehydes is 1. The molecule has 0 radical (unpaired) electrons. The Morgan fingerprint density at radius 1 is 1.38 bits per heavy atom. The van der Waals surface area contributed by atoms with Crippen molar-refractivity contribution in [2.24, 2.45) is 0 Å². The third-order valence-electron chi connectivity index (χ3n) is 2.08. The Morgan fingerprint density at radius 3 is 2.69 bits per heavy atom. The van der Waals surface area contributed by atoms with Gasteiger partial charge in [-0.1, -0.05) is 17.3 Å². The first-order valence-corrected chi connectivity index (χ1v) is 5.87. The van der Waals surface area contributed by atoms with E-state index in [0.717, 1.165) is 28.4 Å². The molecule has 0 amide bonds. The van der Waals surface area contributed by atoms with Gasteiger partial charge in [-0.2, -0.15) is 0 Å². The molecule has 16 heavy (non-hydrogen) atoms. The number of thioether (sulfide) groups is 1. The number of carbonyl (C=O) groups is 1. The topological polar surface area (TPSA) is 43.1 Å². The Hall–Kier alpha value is -1.55. The number of aryl methyl sites for hydroxylation is 1. The Balaban J connectivity index is 1.96. The van der Waals surface area contributed by atoms with Crippen LogP contribution in [0.25, 0.3) is 0 Å². The minimum Gasteiger partial charge on any atom is -0.361 e. The first kappa shape index (κ1) is 11.0. The van der Waals surface area contributed by atoms with Gasteiger partial charge in [0.2, 0.25) is 0 Å². The molecule has 0 spiro atoms. The Bertz CT molecular complexity index is 476. The van der Waals surface area contributed by atoms with Crippen LogP contribution < -0.4 is 0 Å². The average molecular weight is 233 g/mol. The maximum Gasteiger partial charge on any atom is 0.150 e. The zero-order chi connectivity index (χ0) is 11.4. The molecular formula is C12H11NO2S. The summed E-state index contributed by atoms with van der Waals surface area (Å²) in [6, 6.07) is 9.40. The monoisotopic (exact) mass is 233 g/mol. The van der Waals surface area contributed by atoms with Crippen LogP contribution in [-0.2, 0) is 5.75 Å². The van der Waals surface area contributed by atoms with E-state index in [1.54, 1.807) is 11.8 Å². The zero-order valence-electron chi connectivity index (χ0n) is 8.84. The molecule has 0 fully saturated rings. The summed E-state index contributed by atoms with van der Waals surface area (Å²) in [6.07, 6.45) is 0.843. The minimum atomic E-state index is 0.696. The van der Waals surface area contributed by atoms with Crippen LogP contribution in [-0.4, -0.2) is 11.4 Å². The zero-order valence-corrected chi connectivity index (χ0v) is 9.66. The van der Waals surface area contributed by atoms with Crippen molar-refractivity contribution >= 4 is 18.0 Å². The van der Waals surface area contributed by atoms with E-state index in [0.29, 0.717) is 5.56 Å². The molecule has 0 N–H and O–H groups in total. The van der Waals surface area contributed by atoms with E-state index >= 15 is 0 Å². The molecule has 1 aromatic heterocycles. The van der Waals surface area contributed by atoms with Gasteiger partial charge in [-0.05, 0) is 19.1 Å². The van der Waals surface area contributed by atoms with E-state index in [2.05, 4.69) is 5.16 Å². The molecular weight excluding hydrogens is 222 g/mol. The molecule has 2 aromatic rings. The molecule has 2 rings (SSSR count). The SMILES string of the molecule is Cc1cc(CSc2ccc(C=O)cc2)no1. The lowest BCUT2D eigenvalue weighted by molar-refractivity contribution is 0.112. The molecule has 0 aliphatic heterocycles. The number of aromatic nitrogens is 1. The standard InChI is InChI=1S/C12H11NO2S/c1-9-6-11(13-15-9)8-16-12-4-2-10(7-14)3-5-12/h2-7H,8H2,1H3. The summed E-state index contributed by atoms with van der Waals surface area (Å²) in [6.45, 7) is 1.88. The molecule has 0 unspecified atom stereocenters. The van der Waals surface area contributed by atoms with Crippen molar-refractivity contribution in [3.8, 4) is 0 Å². The summed E-state index contributed by atoms with van der Waals surface area (Å²) in [4.78, 5) is 11.6. The van der Waals surface area contributed by atoms with E-state index in [1.165, 1.54) is 0 Å². The van der Waals surface area contributed by atoms with Gasteiger partial charge in [0, 0.05) is 22.3 Å². The van der Waals surface area contributed by atoms with E-state index in [4.69, 9.17) is 4.52 Å². The second-order valence-corrected chi connectivity index (χ2v) is 4.45. The Kier molecular flexibility index (Phi) is 3.41. The number of benzene rings is 1. The average Bonchev–Trinajstić information content (AvgIpc) is 2.73. The second kappa shape index (κ2) is 4.99. The number of hydrogen-bond acceptors (Lipinski definition) is 4. The predicted octanol–water partition coefficient (Wildman–Crippen LogP) is 3.09. The first-order valence-electron chi connectivity index (χ1n) is 4.88. The number of nitrogens with zero attached hydrogens (tertiary/aromatic N) is 1. The third kappa shape index (κ3) is 2.73. The maximum absolute atomic E-state index is 10.5. The Morgan fingerprint density at radius 2 is 2.12 bits per heavy atom. The fourth-order valence-electron chi connectivity index (χ4n) is 1.29. The molecule has 0 atom stereocenters. The summed E-state index contributed by atoms with van der Waals surface area (Å²) >= 11 is 1.67. The van der Waals surface area contributed by atoms with Gasteiger partial charge in [0.25, 0.3) is 0 Å². The van der Waals surface area contributed by atoms with Crippen LogP contribution in [0.1, 0.15) is 21.8 Å². The highest BCUT2D eigenvalue weighted by Crippen LogP contribution is 2.22. The van der Waals surface area contributed by atoms with E-state index in [9.17, 15) is 4.79 Å². The van der Waals surface area contributed by atoms with Gasteiger partial charge in [0.05, 0.1) is 5.69 Å². The summed E-state index contributed by atoms with van der Waals surface area (Å²) in [5, 5.41) is 3.91. The lowest BCUT2D eigenvalue weighted by atomic mass is 10.2. The van der Waals surface area contributed by atoms with E-state index in [1.807, 2.05) is 37.3 Å². The van der Waals surface area contributed by atoms with Crippen molar-refractivity contribution in [3.63, 3.8) is 0 Å². The molecule has 0 saturated carbocycles. The van der Waals surface area contributed by atoms with E-state index < -0.39 is 0 Å². The van der Waals surface area contributed by atoms with Crippen LogP contribution >= 0.6 is 11.8 Å². The molecule has 0 aliphatic rings. The molecule has 0 bridgehead atoms. The highest BCUT2D eigenvalue weighted by molar-refractivity contribution is 7.98. The minimum absolute atomic E-state index is 0.696. The molecule has 0 aliphatic carbocycles. The number of hydrogen-bond donors (Lipinski definition) is 0. The first-order chi connectivity index (χ1) is 7.78. The van der Waals surface area contributed by atoms with Crippen molar-refractivity contribution in [3.05, 3.63) is 47.3 Å². The van der Waals surface area contributed by atoms with Crippen LogP contribution in [0.2, 0.25) is 0 Å². The third-order valence-corrected chi connectivity index (χ3v) is 3.13.